The fraction of sp³-hybridized carbons (Fsp3) is 0.681. The van der Waals surface area contributed by atoms with Gasteiger partial charge in [-0.1, -0.05) is 137 Å². The fourth-order valence-corrected chi connectivity index (χ4v) is 6.71. The predicted molar refractivity (Wildman–Crippen MR) is 239 cm³/mol. The van der Waals surface area contributed by atoms with Crippen LogP contribution in [-0.2, 0) is 38.3 Å². The maximum absolute atomic E-state index is 12.8. The first-order chi connectivity index (χ1) is 29.1. The number of aliphatic hydroxyl groups excluding tert-OH is 3. The highest BCUT2D eigenvalue weighted by molar-refractivity contribution is 7.80. The molecule has 13 heteroatoms. The zero-order valence-electron chi connectivity index (χ0n) is 36.5. The molecule has 1 rings (SSSR count). The highest BCUT2D eigenvalue weighted by Gasteiger charge is 2.48. The Labute approximate surface area is 362 Å². The molecule has 0 aromatic heterocycles. The Kier molecular flexibility index (Phi) is 35.0. The van der Waals surface area contributed by atoms with Crippen molar-refractivity contribution >= 4 is 16.4 Å². The van der Waals surface area contributed by atoms with Crippen LogP contribution < -0.4 is 0 Å². The molecule has 6 unspecified atom stereocenters. The molecule has 0 bridgehead atoms. The van der Waals surface area contributed by atoms with Gasteiger partial charge in [-0.25, -0.2) is 4.18 Å². The van der Waals surface area contributed by atoms with Gasteiger partial charge in [-0.2, -0.15) is 8.42 Å². The van der Waals surface area contributed by atoms with Crippen LogP contribution in [0.2, 0.25) is 0 Å². The summed E-state index contributed by atoms with van der Waals surface area (Å²) >= 11 is 0. The summed E-state index contributed by atoms with van der Waals surface area (Å²) in [6.45, 7) is 3.66. The van der Waals surface area contributed by atoms with Gasteiger partial charge in [0.2, 0.25) is 0 Å². The largest absolute Gasteiger partial charge is 0.457 e. The van der Waals surface area contributed by atoms with Crippen LogP contribution in [0.3, 0.4) is 0 Å². The number of hydrogen-bond acceptors (Lipinski definition) is 11. The normalized spacial score (nSPS) is 21.1. The van der Waals surface area contributed by atoms with Crippen molar-refractivity contribution in [2.24, 2.45) is 0 Å². The fourth-order valence-electron chi connectivity index (χ4n) is 6.21. The molecule has 1 saturated heterocycles. The van der Waals surface area contributed by atoms with Crippen molar-refractivity contribution in [3.63, 3.8) is 0 Å². The molecule has 0 spiro atoms. The standard InChI is InChI=1S/C47H78O12S/c1-3-5-7-9-11-13-15-17-19-20-21-22-23-24-26-28-30-32-34-36-43(49)57-41(39-55-37-35-33-31-29-27-25-18-16-14-12-10-8-6-4-2)40-56-47-45(51)46(59-60(52,53)54)44(50)42(38-48)58-47/h5-8,11-14,17-19,21-22,25,41-42,44-48,50-51H,3-4,9-10,15-16,20,23-24,26-40H2,1-2H3,(H,52,53,54)/b7-5-,8-6-,13-11-,14-12-,19-17-,22-21-,25-18-. The maximum atomic E-state index is 12.8. The third-order valence-electron chi connectivity index (χ3n) is 9.51. The third kappa shape index (κ3) is 31.2. The van der Waals surface area contributed by atoms with Crippen LogP contribution in [0.4, 0.5) is 0 Å². The molecule has 12 nitrogen and oxygen atoms in total. The van der Waals surface area contributed by atoms with Crippen molar-refractivity contribution in [1.29, 1.82) is 0 Å². The molecule has 0 amide bonds. The van der Waals surface area contributed by atoms with E-state index in [-0.39, 0.29) is 19.6 Å². The van der Waals surface area contributed by atoms with E-state index in [4.69, 9.17) is 23.5 Å². The van der Waals surface area contributed by atoms with Crippen LogP contribution in [0.25, 0.3) is 0 Å². The molecule has 0 radical (unpaired) electrons. The Balaban J connectivity index is 2.46. The molecular weight excluding hydrogens is 789 g/mol. The lowest BCUT2D eigenvalue weighted by molar-refractivity contribution is -0.301. The number of allylic oxidation sites excluding steroid dienone is 14. The lowest BCUT2D eigenvalue weighted by Crippen LogP contribution is -2.60. The molecule has 1 fully saturated rings. The van der Waals surface area contributed by atoms with Gasteiger partial charge in [0.1, 0.15) is 30.5 Å². The van der Waals surface area contributed by atoms with Gasteiger partial charge in [0.25, 0.3) is 0 Å². The van der Waals surface area contributed by atoms with Gasteiger partial charge in [-0.15, -0.1) is 0 Å². The Morgan fingerprint density at radius 2 is 1.10 bits per heavy atom. The van der Waals surface area contributed by atoms with Crippen LogP contribution in [-0.4, -0.2) is 97.5 Å². The Bertz CT molecular complexity index is 1370. The summed E-state index contributed by atoms with van der Waals surface area (Å²) in [5.41, 5.74) is 0. The van der Waals surface area contributed by atoms with Crippen LogP contribution in [0.5, 0.6) is 0 Å². The van der Waals surface area contributed by atoms with Gasteiger partial charge in [-0.3, -0.25) is 9.35 Å². The molecular formula is C47H78O12S. The van der Waals surface area contributed by atoms with E-state index in [2.05, 4.69) is 103 Å². The summed E-state index contributed by atoms with van der Waals surface area (Å²) in [5.74, 6) is -0.426. The highest BCUT2D eigenvalue weighted by Crippen LogP contribution is 2.26. The van der Waals surface area contributed by atoms with Gasteiger partial charge in [-0.05, 0) is 83.5 Å². The van der Waals surface area contributed by atoms with Crippen LogP contribution in [0.15, 0.2) is 85.1 Å². The molecule has 0 aromatic rings. The summed E-state index contributed by atoms with van der Waals surface area (Å²) in [7, 11) is -5.07. The van der Waals surface area contributed by atoms with E-state index < -0.39 is 59.8 Å². The number of esters is 1. The van der Waals surface area contributed by atoms with Crippen molar-refractivity contribution in [3.8, 4) is 0 Å². The second-order valence-corrected chi connectivity index (χ2v) is 15.9. The third-order valence-corrected chi connectivity index (χ3v) is 9.98. The highest BCUT2D eigenvalue weighted by atomic mass is 32.3. The first-order valence-electron chi connectivity index (χ1n) is 22.3. The van der Waals surface area contributed by atoms with Crippen molar-refractivity contribution in [1.82, 2.24) is 0 Å². The summed E-state index contributed by atoms with van der Waals surface area (Å²) in [4.78, 5) is 12.8. The number of aliphatic hydroxyl groups is 3. The summed E-state index contributed by atoms with van der Waals surface area (Å²) in [5, 5.41) is 30.6. The van der Waals surface area contributed by atoms with Gasteiger partial charge in [0.05, 0.1) is 19.8 Å². The number of carbonyl (C=O) groups excluding carboxylic acids is 1. The van der Waals surface area contributed by atoms with Crippen molar-refractivity contribution < 1.29 is 56.2 Å². The lowest BCUT2D eigenvalue weighted by atomic mass is 9.99. The summed E-state index contributed by atoms with van der Waals surface area (Å²) < 4.78 is 59.0. The first kappa shape index (κ1) is 55.3. The number of carbonyl (C=O) groups is 1. The van der Waals surface area contributed by atoms with E-state index in [1.165, 1.54) is 0 Å². The lowest BCUT2D eigenvalue weighted by Gasteiger charge is -2.41. The second kappa shape index (κ2) is 38.0. The van der Waals surface area contributed by atoms with E-state index in [1.54, 1.807) is 0 Å². The molecule has 344 valence electrons. The van der Waals surface area contributed by atoms with Crippen LogP contribution in [0, 0.1) is 0 Å². The van der Waals surface area contributed by atoms with Crippen LogP contribution in [0.1, 0.15) is 142 Å². The molecule has 6 atom stereocenters. The minimum atomic E-state index is -5.07. The minimum absolute atomic E-state index is 0.00925. The van der Waals surface area contributed by atoms with E-state index in [0.29, 0.717) is 13.0 Å². The Hall–Kier alpha value is -2.72. The van der Waals surface area contributed by atoms with E-state index >= 15 is 0 Å². The molecule has 0 aliphatic carbocycles. The zero-order chi connectivity index (χ0) is 43.9. The monoisotopic (exact) mass is 867 g/mol. The smallest absolute Gasteiger partial charge is 0.397 e. The van der Waals surface area contributed by atoms with E-state index in [0.717, 1.165) is 116 Å². The number of hydrogen-bond donors (Lipinski definition) is 4. The SMILES string of the molecule is CC/C=C\C/C=C\C/C=C\C/C=C\CCCCCCCCC(=O)OC(COCCCCCC/C=C\C/C=C\C/C=C\CC)COC1OC(CO)C(O)C(OS(=O)(=O)O)C1O. The van der Waals surface area contributed by atoms with Gasteiger partial charge < -0.3 is 34.3 Å². The van der Waals surface area contributed by atoms with Crippen LogP contribution >= 0.6 is 0 Å². The maximum Gasteiger partial charge on any atom is 0.397 e. The van der Waals surface area contributed by atoms with E-state index in [1.807, 2.05) is 0 Å². The average Bonchev–Trinajstić information content (AvgIpc) is 3.22. The molecule has 1 aliphatic rings. The minimum Gasteiger partial charge on any atom is -0.457 e. The zero-order valence-corrected chi connectivity index (χ0v) is 37.3. The molecule has 0 aromatic carbocycles. The van der Waals surface area contributed by atoms with E-state index in [9.17, 15) is 28.5 Å². The van der Waals surface area contributed by atoms with Crippen molar-refractivity contribution in [2.45, 2.75) is 179 Å². The van der Waals surface area contributed by atoms with Gasteiger partial charge >= 0.3 is 16.4 Å². The molecule has 0 saturated carbocycles. The quantitative estimate of drug-likeness (QED) is 0.0202. The Morgan fingerprint density at radius 3 is 1.60 bits per heavy atom. The molecule has 4 N–H and O–H groups in total. The topological polar surface area (TPSA) is 178 Å². The van der Waals surface area contributed by atoms with Crippen molar-refractivity contribution in [2.75, 3.05) is 26.4 Å². The van der Waals surface area contributed by atoms with Gasteiger partial charge in [0.15, 0.2) is 6.29 Å². The molecule has 1 heterocycles. The number of rotatable bonds is 37. The summed E-state index contributed by atoms with van der Waals surface area (Å²) in [6.07, 6.45) is 40.4. The average molecular weight is 867 g/mol. The van der Waals surface area contributed by atoms with Crippen molar-refractivity contribution in [3.05, 3.63) is 85.1 Å². The molecule has 1 aliphatic heterocycles. The molecule has 60 heavy (non-hydrogen) atoms. The summed E-state index contributed by atoms with van der Waals surface area (Å²) in [6, 6.07) is 0. The predicted octanol–water partition coefficient (Wildman–Crippen LogP) is 9.29. The number of ether oxygens (including phenoxy) is 4. The number of unbranched alkanes of at least 4 members (excludes halogenated alkanes) is 10. The Morgan fingerprint density at radius 1 is 0.633 bits per heavy atom. The van der Waals surface area contributed by atoms with Gasteiger partial charge in [0, 0.05) is 13.0 Å². The second-order valence-electron chi connectivity index (χ2n) is 14.9. The first-order valence-corrected chi connectivity index (χ1v) is 23.7.